The Hall–Kier alpha value is -2.15. The highest BCUT2D eigenvalue weighted by Gasteiger charge is 2.27. The lowest BCUT2D eigenvalue weighted by atomic mass is 10.1. The maximum Gasteiger partial charge on any atom is 0.311 e. The Kier molecular flexibility index (Phi) is 4.89. The van der Waals surface area contributed by atoms with Crippen molar-refractivity contribution in [3.05, 3.63) is 38.7 Å². The molecule has 1 unspecified atom stereocenters. The Labute approximate surface area is 138 Å². The number of carboxylic acid groups (broad SMARTS) is 1. The summed E-state index contributed by atoms with van der Waals surface area (Å²) in [4.78, 5) is 30.8. The fourth-order valence-electron chi connectivity index (χ4n) is 2.52. The number of amides is 1. The molecule has 0 bridgehead atoms. The lowest BCUT2D eigenvalue weighted by Crippen LogP contribution is -2.30. The number of nitrogens with zero attached hydrogens (tertiary/aromatic N) is 2. The van der Waals surface area contributed by atoms with Crippen LogP contribution >= 0.6 is 11.3 Å². The fourth-order valence-corrected chi connectivity index (χ4v) is 3.54. The molecule has 6 nitrogen and oxygen atoms in total. The number of aromatic nitrogens is 1. The van der Waals surface area contributed by atoms with E-state index >= 15 is 0 Å². The molecule has 1 atom stereocenters. The molecule has 0 aliphatic carbocycles. The van der Waals surface area contributed by atoms with E-state index in [2.05, 4.69) is 4.98 Å². The minimum absolute atomic E-state index is 0.152. The Balaban J connectivity index is 2.31. The van der Waals surface area contributed by atoms with Gasteiger partial charge in [-0.25, -0.2) is 4.98 Å². The molecule has 2 rings (SSSR count). The van der Waals surface area contributed by atoms with Crippen LogP contribution in [0.1, 0.15) is 50.2 Å². The van der Waals surface area contributed by atoms with Gasteiger partial charge in [-0.1, -0.05) is 0 Å². The van der Waals surface area contributed by atoms with E-state index in [-0.39, 0.29) is 24.1 Å². The van der Waals surface area contributed by atoms with E-state index in [1.807, 2.05) is 20.8 Å². The summed E-state index contributed by atoms with van der Waals surface area (Å²) in [6.07, 6.45) is 1.11. The molecule has 2 aromatic rings. The molecular formula is C16H20N2O4S. The summed E-state index contributed by atoms with van der Waals surface area (Å²) in [5.41, 5.74) is 1.89. The number of furan rings is 1. The number of aryl methyl sites for hydroxylation is 3. The highest BCUT2D eigenvalue weighted by Crippen LogP contribution is 2.30. The van der Waals surface area contributed by atoms with E-state index in [0.717, 1.165) is 15.6 Å². The number of carboxylic acids is 1. The lowest BCUT2D eigenvalue weighted by Gasteiger charge is -2.24. The zero-order valence-corrected chi connectivity index (χ0v) is 14.7. The van der Waals surface area contributed by atoms with Crippen molar-refractivity contribution >= 4 is 23.2 Å². The molecule has 0 fully saturated rings. The van der Waals surface area contributed by atoms with Gasteiger partial charge in [0.2, 0.25) is 0 Å². The van der Waals surface area contributed by atoms with E-state index in [1.165, 1.54) is 6.26 Å². The molecule has 0 aliphatic rings. The predicted molar refractivity (Wildman–Crippen MR) is 86.9 cm³/mol. The van der Waals surface area contributed by atoms with E-state index in [4.69, 9.17) is 9.52 Å². The largest absolute Gasteiger partial charge is 0.481 e. The summed E-state index contributed by atoms with van der Waals surface area (Å²) >= 11 is 1.56. The normalized spacial score (nSPS) is 12.2. The van der Waals surface area contributed by atoms with Gasteiger partial charge >= 0.3 is 5.97 Å². The maximum absolute atomic E-state index is 12.8. The van der Waals surface area contributed by atoms with Gasteiger partial charge in [0, 0.05) is 17.5 Å². The Morgan fingerprint density at radius 2 is 2.04 bits per heavy atom. The van der Waals surface area contributed by atoms with Crippen LogP contribution in [-0.4, -0.2) is 33.9 Å². The third-order valence-corrected chi connectivity index (χ3v) is 5.04. The monoisotopic (exact) mass is 336 g/mol. The van der Waals surface area contributed by atoms with Crippen LogP contribution in [0.4, 0.5) is 0 Å². The first-order valence-electron chi connectivity index (χ1n) is 7.22. The maximum atomic E-state index is 12.8. The zero-order chi connectivity index (χ0) is 17.3. The number of hydrogen-bond donors (Lipinski definition) is 1. The molecule has 0 radical (unpaired) electrons. The Morgan fingerprint density at radius 1 is 1.39 bits per heavy atom. The highest BCUT2D eigenvalue weighted by atomic mass is 32.1. The quantitative estimate of drug-likeness (QED) is 0.907. The van der Waals surface area contributed by atoms with Crippen molar-refractivity contribution in [3.8, 4) is 0 Å². The fraction of sp³-hybridized carbons (Fsp3) is 0.438. The van der Waals surface area contributed by atoms with Crippen LogP contribution in [0.5, 0.6) is 0 Å². The van der Waals surface area contributed by atoms with Crippen LogP contribution in [0, 0.1) is 20.8 Å². The molecule has 124 valence electrons. The highest BCUT2D eigenvalue weighted by molar-refractivity contribution is 7.11. The molecule has 1 N–H and O–H groups in total. The molecule has 0 saturated heterocycles. The first kappa shape index (κ1) is 17.2. The van der Waals surface area contributed by atoms with Crippen molar-refractivity contribution in [3.63, 3.8) is 0 Å². The van der Waals surface area contributed by atoms with E-state index in [1.54, 1.807) is 30.2 Å². The third-order valence-electron chi connectivity index (χ3n) is 3.80. The topological polar surface area (TPSA) is 83.6 Å². The second kappa shape index (κ2) is 6.54. The summed E-state index contributed by atoms with van der Waals surface area (Å²) in [6, 6.07) is -0.152. The molecule has 2 aromatic heterocycles. The lowest BCUT2D eigenvalue weighted by molar-refractivity contribution is -0.136. The second-order valence-electron chi connectivity index (χ2n) is 5.56. The van der Waals surface area contributed by atoms with E-state index < -0.39 is 5.97 Å². The summed E-state index contributed by atoms with van der Waals surface area (Å²) in [5, 5.41) is 9.91. The SMILES string of the molecule is Cc1nc(C)c(C(C)N(C)C(=O)c2c(C)coc2CC(=O)O)s1. The van der Waals surface area contributed by atoms with E-state index in [9.17, 15) is 9.59 Å². The standard InChI is InChI=1S/C16H20N2O4S/c1-8-7-22-12(6-13(19)20)14(8)16(21)18(5)10(3)15-9(2)17-11(4)23-15/h7,10H,6H2,1-5H3,(H,19,20). The van der Waals surface area contributed by atoms with Gasteiger partial charge in [-0.2, -0.15) is 0 Å². The van der Waals surface area contributed by atoms with Crippen molar-refractivity contribution in [2.24, 2.45) is 0 Å². The molecule has 7 heteroatoms. The number of rotatable bonds is 5. The molecule has 0 spiro atoms. The van der Waals surface area contributed by atoms with Crippen LogP contribution in [0.3, 0.4) is 0 Å². The summed E-state index contributed by atoms with van der Waals surface area (Å²) in [5.74, 6) is -1.08. The molecular weight excluding hydrogens is 316 g/mol. The van der Waals surface area contributed by atoms with Crippen molar-refractivity contribution in [2.45, 2.75) is 40.2 Å². The van der Waals surface area contributed by atoms with Crippen molar-refractivity contribution < 1.29 is 19.1 Å². The summed E-state index contributed by atoms with van der Waals surface area (Å²) < 4.78 is 5.25. The minimum atomic E-state index is -1.03. The van der Waals surface area contributed by atoms with Gasteiger partial charge in [-0.15, -0.1) is 11.3 Å². The van der Waals surface area contributed by atoms with Crippen LogP contribution in [0.25, 0.3) is 0 Å². The number of carbonyl (C=O) groups is 2. The molecule has 0 aromatic carbocycles. The third kappa shape index (κ3) is 3.44. The number of hydrogen-bond acceptors (Lipinski definition) is 5. The van der Waals surface area contributed by atoms with Gasteiger partial charge in [0.15, 0.2) is 0 Å². The molecule has 0 saturated carbocycles. The minimum Gasteiger partial charge on any atom is -0.481 e. The number of carbonyl (C=O) groups excluding carboxylic acids is 1. The number of aliphatic carboxylic acids is 1. The van der Waals surface area contributed by atoms with E-state index in [0.29, 0.717) is 11.1 Å². The molecule has 2 heterocycles. The van der Waals surface area contributed by atoms with Gasteiger partial charge in [0.25, 0.3) is 5.91 Å². The van der Waals surface area contributed by atoms with Crippen LogP contribution in [0.2, 0.25) is 0 Å². The Bertz CT molecular complexity index is 747. The number of thiazole rings is 1. The van der Waals surface area contributed by atoms with Gasteiger partial charge in [-0.3, -0.25) is 9.59 Å². The zero-order valence-electron chi connectivity index (χ0n) is 13.8. The van der Waals surface area contributed by atoms with Gasteiger partial charge in [0.05, 0.1) is 28.6 Å². The predicted octanol–water partition coefficient (Wildman–Crippen LogP) is 3.12. The Morgan fingerprint density at radius 3 is 2.57 bits per heavy atom. The first-order valence-corrected chi connectivity index (χ1v) is 8.03. The first-order chi connectivity index (χ1) is 10.7. The van der Waals surface area contributed by atoms with Crippen molar-refractivity contribution in [1.29, 1.82) is 0 Å². The van der Waals surface area contributed by atoms with Crippen LogP contribution in [-0.2, 0) is 11.2 Å². The average Bonchev–Trinajstić information content (AvgIpc) is 2.98. The summed E-state index contributed by atoms with van der Waals surface area (Å²) in [6.45, 7) is 7.53. The molecule has 0 aliphatic heterocycles. The van der Waals surface area contributed by atoms with Gasteiger partial charge in [-0.05, 0) is 27.7 Å². The molecule has 23 heavy (non-hydrogen) atoms. The molecule has 1 amide bonds. The smallest absolute Gasteiger partial charge is 0.311 e. The van der Waals surface area contributed by atoms with Crippen LogP contribution in [0.15, 0.2) is 10.7 Å². The van der Waals surface area contributed by atoms with Crippen LogP contribution < -0.4 is 0 Å². The van der Waals surface area contributed by atoms with Gasteiger partial charge in [0.1, 0.15) is 12.2 Å². The summed E-state index contributed by atoms with van der Waals surface area (Å²) in [7, 11) is 1.71. The van der Waals surface area contributed by atoms with Crippen molar-refractivity contribution in [1.82, 2.24) is 9.88 Å². The van der Waals surface area contributed by atoms with Gasteiger partial charge < -0.3 is 14.4 Å². The van der Waals surface area contributed by atoms with Crippen molar-refractivity contribution in [2.75, 3.05) is 7.05 Å². The second-order valence-corrected chi connectivity index (χ2v) is 6.80. The average molecular weight is 336 g/mol.